The first kappa shape index (κ1) is 16.8. The Morgan fingerprint density at radius 2 is 1.61 bits per heavy atom. The highest BCUT2D eigenvalue weighted by atomic mass is 19.4. The largest absolute Gasteiger partial charge is 0.573 e. The van der Waals surface area contributed by atoms with Crippen LogP contribution in [0.1, 0.15) is 45.1 Å². The second kappa shape index (κ2) is 8.84. The molecule has 0 bridgehead atoms. The quantitative estimate of drug-likeness (QED) is 0.653. The fourth-order valence-electron chi connectivity index (χ4n) is 1.31. The summed E-state index contributed by atoms with van der Waals surface area (Å²) < 4.78 is 38.6. The van der Waals surface area contributed by atoms with Crippen molar-refractivity contribution in [3.8, 4) is 5.75 Å². The van der Waals surface area contributed by atoms with E-state index in [1.165, 1.54) is 43.9 Å². The van der Waals surface area contributed by atoms with Crippen molar-refractivity contribution < 1.29 is 17.9 Å². The van der Waals surface area contributed by atoms with Gasteiger partial charge in [0.1, 0.15) is 5.75 Å². The van der Waals surface area contributed by atoms with Crippen molar-refractivity contribution in [2.24, 2.45) is 0 Å². The summed E-state index contributed by atoms with van der Waals surface area (Å²) in [5.41, 5.74) is 0.733. The minimum atomic E-state index is -4.60. The van der Waals surface area contributed by atoms with Crippen molar-refractivity contribution in [1.82, 2.24) is 0 Å². The van der Waals surface area contributed by atoms with Crippen LogP contribution in [0.3, 0.4) is 0 Å². The molecule has 0 aromatic heterocycles. The van der Waals surface area contributed by atoms with Gasteiger partial charge in [-0.05, 0) is 24.6 Å². The van der Waals surface area contributed by atoms with Gasteiger partial charge in [-0.15, -0.1) is 13.2 Å². The maximum Gasteiger partial charge on any atom is 0.573 e. The Morgan fingerprint density at radius 3 is 2.00 bits per heavy atom. The molecule has 0 unspecified atom stereocenters. The Bertz CT molecular complexity index is 317. The molecular formula is C14H21F3O. The van der Waals surface area contributed by atoms with Crippen LogP contribution in [0.4, 0.5) is 13.2 Å². The number of ether oxygens (including phenoxy) is 1. The van der Waals surface area contributed by atoms with Crippen LogP contribution in [-0.4, -0.2) is 6.36 Å². The molecule has 1 nitrogen and oxygen atoms in total. The third kappa shape index (κ3) is 10.00. The zero-order valence-electron chi connectivity index (χ0n) is 11.2. The van der Waals surface area contributed by atoms with Gasteiger partial charge in [0, 0.05) is 0 Å². The van der Waals surface area contributed by atoms with E-state index in [4.69, 9.17) is 0 Å². The number of unbranched alkanes of at least 4 members (excludes halogenated alkanes) is 3. The minimum Gasteiger partial charge on any atom is -0.406 e. The Morgan fingerprint density at radius 1 is 1.06 bits per heavy atom. The van der Waals surface area contributed by atoms with E-state index in [-0.39, 0.29) is 5.75 Å². The lowest BCUT2D eigenvalue weighted by molar-refractivity contribution is -0.274. The van der Waals surface area contributed by atoms with E-state index < -0.39 is 6.36 Å². The van der Waals surface area contributed by atoms with E-state index in [0.29, 0.717) is 0 Å². The number of benzene rings is 1. The van der Waals surface area contributed by atoms with E-state index in [9.17, 15) is 13.2 Å². The molecule has 0 aliphatic carbocycles. The van der Waals surface area contributed by atoms with Gasteiger partial charge >= 0.3 is 6.36 Å². The molecule has 0 radical (unpaired) electrons. The molecule has 0 heterocycles. The molecule has 1 aromatic rings. The number of halogens is 3. The van der Waals surface area contributed by atoms with Gasteiger partial charge in [0.25, 0.3) is 0 Å². The molecule has 0 atom stereocenters. The van der Waals surface area contributed by atoms with Gasteiger partial charge in [0.05, 0.1) is 0 Å². The molecule has 0 saturated carbocycles. The van der Waals surface area contributed by atoms with Crippen LogP contribution in [-0.2, 0) is 0 Å². The maximum atomic E-state index is 11.7. The molecule has 1 rings (SSSR count). The van der Waals surface area contributed by atoms with Gasteiger partial charge in [0.2, 0.25) is 0 Å². The molecule has 104 valence electrons. The van der Waals surface area contributed by atoms with Crippen LogP contribution in [0, 0.1) is 6.92 Å². The zero-order valence-corrected chi connectivity index (χ0v) is 11.2. The van der Waals surface area contributed by atoms with Gasteiger partial charge in [0.15, 0.2) is 0 Å². The van der Waals surface area contributed by atoms with Crippen molar-refractivity contribution in [2.45, 2.75) is 52.8 Å². The van der Waals surface area contributed by atoms with Crippen LogP contribution in [0.25, 0.3) is 0 Å². The van der Waals surface area contributed by atoms with Gasteiger partial charge in [-0.2, -0.15) is 0 Å². The van der Waals surface area contributed by atoms with E-state index >= 15 is 0 Å². The lowest BCUT2D eigenvalue weighted by atomic mass is 10.2. The van der Waals surface area contributed by atoms with Crippen LogP contribution >= 0.6 is 0 Å². The van der Waals surface area contributed by atoms with Crippen molar-refractivity contribution in [3.63, 3.8) is 0 Å². The topological polar surface area (TPSA) is 9.23 Å². The molecule has 4 heteroatoms. The molecule has 0 fully saturated rings. The Kier molecular flexibility index (Phi) is 8.25. The van der Waals surface area contributed by atoms with E-state index in [0.717, 1.165) is 5.56 Å². The third-order valence-corrected chi connectivity index (χ3v) is 2.18. The van der Waals surface area contributed by atoms with Gasteiger partial charge in [-0.3, -0.25) is 0 Å². The average Bonchev–Trinajstić information content (AvgIpc) is 2.25. The predicted molar refractivity (Wildman–Crippen MR) is 67.7 cm³/mol. The number of hydrogen-bond acceptors (Lipinski definition) is 1. The minimum absolute atomic E-state index is 0.178. The Labute approximate surface area is 107 Å². The summed E-state index contributed by atoms with van der Waals surface area (Å²) in [6.07, 6.45) is 0.933. The average molecular weight is 262 g/mol. The smallest absolute Gasteiger partial charge is 0.406 e. The van der Waals surface area contributed by atoms with Crippen molar-refractivity contribution >= 4 is 0 Å². The van der Waals surface area contributed by atoms with E-state index in [1.807, 2.05) is 0 Å². The zero-order chi connectivity index (χ0) is 14.0. The second-order valence-corrected chi connectivity index (χ2v) is 4.07. The Balaban J connectivity index is 0.000000411. The van der Waals surface area contributed by atoms with Crippen molar-refractivity contribution in [2.75, 3.05) is 0 Å². The summed E-state index contributed by atoms with van der Waals surface area (Å²) in [5, 5.41) is 0. The fourth-order valence-corrected chi connectivity index (χ4v) is 1.31. The van der Waals surface area contributed by atoms with Gasteiger partial charge in [-0.25, -0.2) is 0 Å². The van der Waals surface area contributed by atoms with Crippen LogP contribution in [0.2, 0.25) is 0 Å². The summed E-state index contributed by atoms with van der Waals surface area (Å²) in [5.74, 6) is -0.178. The Hall–Kier alpha value is -1.19. The predicted octanol–water partition coefficient (Wildman–Crippen LogP) is 5.48. The SMILES string of the molecule is CCCCCC.Cc1cccc(OC(F)(F)F)c1. The number of alkyl halides is 3. The molecule has 0 saturated heterocycles. The first-order valence-corrected chi connectivity index (χ1v) is 6.21. The normalized spacial score (nSPS) is 10.6. The highest BCUT2D eigenvalue weighted by Gasteiger charge is 2.30. The van der Waals surface area contributed by atoms with Crippen LogP contribution < -0.4 is 4.74 Å². The standard InChI is InChI=1S/C8H7F3O.C6H14/c1-6-3-2-4-7(5-6)12-8(9,10)11;1-3-5-6-4-2/h2-5H,1H3;3-6H2,1-2H3. The maximum absolute atomic E-state index is 11.7. The van der Waals surface area contributed by atoms with E-state index in [2.05, 4.69) is 18.6 Å². The number of hydrogen-bond donors (Lipinski definition) is 0. The number of rotatable bonds is 4. The third-order valence-electron chi connectivity index (χ3n) is 2.18. The molecule has 0 amide bonds. The summed E-state index contributed by atoms with van der Waals surface area (Å²) in [6.45, 7) is 6.16. The lowest BCUT2D eigenvalue weighted by Crippen LogP contribution is -2.17. The molecule has 0 N–H and O–H groups in total. The van der Waals surface area contributed by atoms with Crippen molar-refractivity contribution in [1.29, 1.82) is 0 Å². The highest BCUT2D eigenvalue weighted by Crippen LogP contribution is 2.22. The second-order valence-electron chi connectivity index (χ2n) is 4.07. The summed E-state index contributed by atoms with van der Waals surface area (Å²) in [7, 11) is 0. The van der Waals surface area contributed by atoms with Crippen LogP contribution in [0.15, 0.2) is 24.3 Å². The summed E-state index contributed by atoms with van der Waals surface area (Å²) in [6, 6.07) is 5.80. The molecule has 0 spiro atoms. The summed E-state index contributed by atoms with van der Waals surface area (Å²) >= 11 is 0. The first-order valence-electron chi connectivity index (χ1n) is 6.21. The highest BCUT2D eigenvalue weighted by molar-refractivity contribution is 5.27. The molecule has 0 aliphatic rings. The molecular weight excluding hydrogens is 241 g/mol. The molecule has 0 aliphatic heterocycles. The fraction of sp³-hybridized carbons (Fsp3) is 0.571. The van der Waals surface area contributed by atoms with E-state index in [1.54, 1.807) is 13.0 Å². The molecule has 1 aromatic carbocycles. The lowest BCUT2D eigenvalue weighted by Gasteiger charge is -2.08. The van der Waals surface area contributed by atoms with Gasteiger partial charge in [-0.1, -0.05) is 51.7 Å². The monoisotopic (exact) mass is 262 g/mol. The van der Waals surface area contributed by atoms with Crippen molar-refractivity contribution in [3.05, 3.63) is 29.8 Å². The molecule has 18 heavy (non-hydrogen) atoms. The number of aryl methyl sites for hydroxylation is 1. The first-order chi connectivity index (χ1) is 8.39. The van der Waals surface area contributed by atoms with Gasteiger partial charge < -0.3 is 4.74 Å². The summed E-state index contributed by atoms with van der Waals surface area (Å²) in [4.78, 5) is 0. The van der Waals surface area contributed by atoms with Crippen LogP contribution in [0.5, 0.6) is 5.75 Å².